The average Bonchev–Trinajstić information content (AvgIpc) is 2.37. The van der Waals surface area contributed by atoms with Crippen LogP contribution in [0, 0.1) is 23.2 Å². The van der Waals surface area contributed by atoms with E-state index in [9.17, 15) is 9.59 Å². The molecular formula is C15H18N2O2. The van der Waals surface area contributed by atoms with Gasteiger partial charge in [-0.15, -0.1) is 0 Å². The van der Waals surface area contributed by atoms with E-state index in [1.54, 1.807) is 6.07 Å². The molecule has 0 saturated heterocycles. The third-order valence-corrected chi connectivity index (χ3v) is 2.63. The summed E-state index contributed by atoms with van der Waals surface area (Å²) in [7, 11) is 0. The Morgan fingerprint density at radius 3 is 2.42 bits per heavy atom. The molecule has 0 fully saturated rings. The zero-order valence-corrected chi connectivity index (χ0v) is 11.2. The average molecular weight is 258 g/mol. The largest absolute Gasteiger partial charge is 0.350 e. The first kappa shape index (κ1) is 14.9. The molecule has 0 bridgehead atoms. The van der Waals surface area contributed by atoms with Gasteiger partial charge < -0.3 is 5.32 Å². The fourth-order valence-electron chi connectivity index (χ4n) is 1.68. The van der Waals surface area contributed by atoms with Crippen LogP contribution in [0.4, 0.5) is 0 Å². The lowest BCUT2D eigenvalue weighted by Gasteiger charge is -2.10. The Balaban J connectivity index is 2.56. The topological polar surface area (TPSA) is 70.0 Å². The Bertz CT molecular complexity index is 475. The number of nitrogens with one attached hydrogen (secondary N) is 1. The molecule has 0 aromatic heterocycles. The maximum atomic E-state index is 11.8. The predicted molar refractivity (Wildman–Crippen MR) is 71.9 cm³/mol. The molecule has 1 atom stereocenters. The van der Waals surface area contributed by atoms with Crippen LogP contribution >= 0.6 is 0 Å². The molecule has 0 aliphatic heterocycles. The SMILES string of the molecule is CC(C)CC(=O)[C@@H](C#N)C(=O)NCc1ccccc1. The number of nitrogens with zero attached hydrogens (tertiary/aromatic N) is 1. The summed E-state index contributed by atoms with van der Waals surface area (Å²) in [6, 6.07) is 11.1. The number of carbonyl (C=O) groups excluding carboxylic acids is 2. The number of Topliss-reactive ketones (excluding diaryl/α,β-unsaturated/α-hetero) is 1. The lowest BCUT2D eigenvalue weighted by molar-refractivity contribution is -0.132. The first-order chi connectivity index (χ1) is 9.04. The van der Waals surface area contributed by atoms with Gasteiger partial charge in [-0.25, -0.2) is 0 Å². The van der Waals surface area contributed by atoms with Gasteiger partial charge in [-0.3, -0.25) is 9.59 Å². The molecule has 1 N–H and O–H groups in total. The van der Waals surface area contributed by atoms with Gasteiger partial charge in [0.15, 0.2) is 11.7 Å². The normalized spacial score (nSPS) is 11.7. The monoisotopic (exact) mass is 258 g/mol. The number of ketones is 1. The van der Waals surface area contributed by atoms with Crippen molar-refractivity contribution in [3.8, 4) is 6.07 Å². The van der Waals surface area contributed by atoms with E-state index in [1.807, 2.05) is 44.2 Å². The number of carbonyl (C=O) groups is 2. The summed E-state index contributed by atoms with van der Waals surface area (Å²) < 4.78 is 0. The van der Waals surface area contributed by atoms with Gasteiger partial charge in [0.25, 0.3) is 0 Å². The molecule has 1 amide bonds. The van der Waals surface area contributed by atoms with Gasteiger partial charge in [0, 0.05) is 13.0 Å². The Labute approximate surface area is 113 Å². The van der Waals surface area contributed by atoms with Crippen LogP contribution in [0.5, 0.6) is 0 Å². The summed E-state index contributed by atoms with van der Waals surface area (Å²) in [6.45, 7) is 4.09. The number of hydrogen-bond donors (Lipinski definition) is 1. The maximum absolute atomic E-state index is 11.8. The second-order valence-corrected chi connectivity index (χ2v) is 4.83. The molecule has 0 aliphatic rings. The first-order valence-electron chi connectivity index (χ1n) is 6.28. The molecule has 0 aliphatic carbocycles. The van der Waals surface area contributed by atoms with Crippen LogP contribution in [0.1, 0.15) is 25.8 Å². The summed E-state index contributed by atoms with van der Waals surface area (Å²) in [6.07, 6.45) is 0.247. The lowest BCUT2D eigenvalue weighted by atomic mass is 9.96. The molecule has 19 heavy (non-hydrogen) atoms. The molecule has 4 nitrogen and oxygen atoms in total. The number of rotatable bonds is 6. The lowest BCUT2D eigenvalue weighted by Crippen LogP contribution is -2.34. The van der Waals surface area contributed by atoms with Crippen molar-refractivity contribution in [2.45, 2.75) is 26.8 Å². The van der Waals surface area contributed by atoms with Crippen molar-refractivity contribution < 1.29 is 9.59 Å². The fraction of sp³-hybridized carbons (Fsp3) is 0.400. The molecule has 1 aromatic rings. The fourth-order valence-corrected chi connectivity index (χ4v) is 1.68. The predicted octanol–water partition coefficient (Wildman–Crippen LogP) is 2.06. The third kappa shape index (κ3) is 4.92. The minimum absolute atomic E-state index is 0.144. The first-order valence-corrected chi connectivity index (χ1v) is 6.28. The summed E-state index contributed by atoms with van der Waals surface area (Å²) >= 11 is 0. The van der Waals surface area contributed by atoms with Gasteiger partial charge in [0.1, 0.15) is 0 Å². The number of benzene rings is 1. The summed E-state index contributed by atoms with van der Waals surface area (Å²) in [5.74, 6) is -1.89. The highest BCUT2D eigenvalue weighted by atomic mass is 16.2. The van der Waals surface area contributed by atoms with Crippen LogP contribution in [0.3, 0.4) is 0 Å². The van der Waals surface area contributed by atoms with Crippen LogP contribution in [-0.4, -0.2) is 11.7 Å². The van der Waals surface area contributed by atoms with Crippen LogP contribution in [-0.2, 0) is 16.1 Å². The van der Waals surface area contributed by atoms with Crippen molar-refractivity contribution in [2.24, 2.45) is 11.8 Å². The maximum Gasteiger partial charge on any atom is 0.245 e. The van der Waals surface area contributed by atoms with E-state index in [2.05, 4.69) is 5.32 Å². The molecule has 4 heteroatoms. The van der Waals surface area contributed by atoms with Crippen LogP contribution < -0.4 is 5.32 Å². The van der Waals surface area contributed by atoms with E-state index in [4.69, 9.17) is 5.26 Å². The summed E-state index contributed by atoms with van der Waals surface area (Å²) in [5.41, 5.74) is 0.934. The van der Waals surface area contributed by atoms with Crippen LogP contribution in [0.2, 0.25) is 0 Å². The molecule has 0 radical (unpaired) electrons. The van der Waals surface area contributed by atoms with Crippen molar-refractivity contribution in [3.05, 3.63) is 35.9 Å². The van der Waals surface area contributed by atoms with Crippen molar-refractivity contribution in [2.75, 3.05) is 0 Å². The van der Waals surface area contributed by atoms with E-state index < -0.39 is 11.8 Å². The molecular weight excluding hydrogens is 240 g/mol. The van der Waals surface area contributed by atoms with Gasteiger partial charge >= 0.3 is 0 Å². The van der Waals surface area contributed by atoms with Gasteiger partial charge in [0.05, 0.1) is 6.07 Å². The third-order valence-electron chi connectivity index (χ3n) is 2.63. The Morgan fingerprint density at radius 1 is 1.26 bits per heavy atom. The number of nitriles is 1. The Kier molecular flexibility index (Phi) is 5.74. The molecule has 0 spiro atoms. The highest BCUT2D eigenvalue weighted by molar-refractivity contribution is 6.03. The standard InChI is InChI=1S/C15H18N2O2/c1-11(2)8-14(18)13(9-16)15(19)17-10-12-6-4-3-5-7-12/h3-7,11,13H,8,10H2,1-2H3,(H,17,19)/t13-/m1/s1. The van der Waals surface area contributed by atoms with E-state index >= 15 is 0 Å². The van der Waals surface area contributed by atoms with Crippen molar-refractivity contribution >= 4 is 11.7 Å². The van der Waals surface area contributed by atoms with Gasteiger partial charge in [-0.1, -0.05) is 44.2 Å². The molecule has 100 valence electrons. The van der Waals surface area contributed by atoms with Crippen molar-refractivity contribution in [1.29, 1.82) is 5.26 Å². The minimum Gasteiger partial charge on any atom is -0.350 e. The molecule has 0 heterocycles. The zero-order valence-electron chi connectivity index (χ0n) is 11.2. The smallest absolute Gasteiger partial charge is 0.245 e. The zero-order chi connectivity index (χ0) is 14.3. The van der Waals surface area contributed by atoms with E-state index in [0.717, 1.165) is 5.56 Å². The minimum atomic E-state index is -1.20. The van der Waals surface area contributed by atoms with Crippen LogP contribution in [0.15, 0.2) is 30.3 Å². The van der Waals surface area contributed by atoms with Gasteiger partial charge in [0.2, 0.25) is 5.91 Å². The number of hydrogen-bond acceptors (Lipinski definition) is 3. The second kappa shape index (κ2) is 7.32. The Hall–Kier alpha value is -2.15. The summed E-state index contributed by atoms with van der Waals surface area (Å²) in [4.78, 5) is 23.6. The van der Waals surface area contributed by atoms with Gasteiger partial charge in [-0.05, 0) is 11.5 Å². The van der Waals surface area contributed by atoms with E-state index in [0.29, 0.717) is 6.54 Å². The van der Waals surface area contributed by atoms with Gasteiger partial charge in [-0.2, -0.15) is 5.26 Å². The number of amides is 1. The Morgan fingerprint density at radius 2 is 1.89 bits per heavy atom. The van der Waals surface area contributed by atoms with Crippen molar-refractivity contribution in [3.63, 3.8) is 0 Å². The summed E-state index contributed by atoms with van der Waals surface area (Å²) in [5, 5.41) is 11.6. The second-order valence-electron chi connectivity index (χ2n) is 4.83. The quantitative estimate of drug-likeness (QED) is 0.794. The van der Waals surface area contributed by atoms with Crippen molar-refractivity contribution in [1.82, 2.24) is 5.32 Å². The van der Waals surface area contributed by atoms with E-state index in [1.165, 1.54) is 0 Å². The van der Waals surface area contributed by atoms with E-state index in [-0.39, 0.29) is 18.1 Å². The van der Waals surface area contributed by atoms with Crippen LogP contribution in [0.25, 0.3) is 0 Å². The molecule has 1 rings (SSSR count). The highest BCUT2D eigenvalue weighted by Crippen LogP contribution is 2.08. The highest BCUT2D eigenvalue weighted by Gasteiger charge is 2.26. The molecule has 0 saturated carbocycles. The molecule has 0 unspecified atom stereocenters. The molecule has 1 aromatic carbocycles.